The molecule has 1 heterocycles. The monoisotopic (exact) mass is 402 g/mol. The fraction of sp³-hybridized carbons (Fsp3) is 0.208. The Labute approximate surface area is 177 Å². The molecular weight excluding hydrogens is 376 g/mol. The van der Waals surface area contributed by atoms with Crippen molar-refractivity contribution in [3.63, 3.8) is 0 Å². The molecule has 3 rings (SSSR count). The smallest absolute Gasteiger partial charge is 0.270 e. The largest absolute Gasteiger partial charge is 0.365 e. The first-order valence-electron chi connectivity index (χ1n) is 9.79. The minimum absolute atomic E-state index is 0.123. The number of pyridine rings is 1. The van der Waals surface area contributed by atoms with Gasteiger partial charge in [0, 0.05) is 31.2 Å². The van der Waals surface area contributed by atoms with Crippen LogP contribution in [0.4, 0.5) is 11.4 Å². The van der Waals surface area contributed by atoms with Gasteiger partial charge in [-0.1, -0.05) is 48.5 Å². The summed E-state index contributed by atoms with van der Waals surface area (Å²) < 4.78 is 0. The number of para-hydroxylation sites is 1. The van der Waals surface area contributed by atoms with E-state index in [9.17, 15) is 9.59 Å². The quantitative estimate of drug-likeness (QED) is 0.632. The molecule has 0 aliphatic carbocycles. The summed E-state index contributed by atoms with van der Waals surface area (Å²) in [5.41, 5.74) is 4.95. The molecule has 3 aromatic rings. The molecule has 0 spiro atoms. The lowest BCUT2D eigenvalue weighted by atomic mass is 10.1. The van der Waals surface area contributed by atoms with Gasteiger partial charge in [-0.05, 0) is 42.7 Å². The van der Waals surface area contributed by atoms with Gasteiger partial charge in [-0.2, -0.15) is 0 Å². The maximum Gasteiger partial charge on any atom is 0.270 e. The highest BCUT2D eigenvalue weighted by molar-refractivity contribution is 5.96. The molecule has 1 aromatic heterocycles. The lowest BCUT2D eigenvalue weighted by Gasteiger charge is -2.20. The second-order valence-corrected chi connectivity index (χ2v) is 7.24. The first kappa shape index (κ1) is 21.0. The molecule has 2 N–H and O–H groups in total. The van der Waals surface area contributed by atoms with Gasteiger partial charge < -0.3 is 15.5 Å². The van der Waals surface area contributed by atoms with E-state index in [1.165, 1.54) is 0 Å². The van der Waals surface area contributed by atoms with Crippen LogP contribution in [0.15, 0.2) is 66.9 Å². The molecule has 0 aliphatic heterocycles. The number of nitrogens with zero attached hydrogens (tertiary/aromatic N) is 2. The molecule has 30 heavy (non-hydrogen) atoms. The summed E-state index contributed by atoms with van der Waals surface area (Å²) in [6.45, 7) is 4.52. The van der Waals surface area contributed by atoms with Gasteiger partial charge in [0.1, 0.15) is 5.69 Å². The van der Waals surface area contributed by atoms with Gasteiger partial charge in [0.15, 0.2) is 0 Å². The topological polar surface area (TPSA) is 74.3 Å². The Kier molecular flexibility index (Phi) is 6.80. The van der Waals surface area contributed by atoms with E-state index in [0.29, 0.717) is 12.2 Å². The Morgan fingerprint density at radius 3 is 2.37 bits per heavy atom. The number of anilines is 2. The Bertz CT molecular complexity index is 1010. The van der Waals surface area contributed by atoms with Crippen molar-refractivity contribution in [2.75, 3.05) is 23.8 Å². The Morgan fingerprint density at radius 1 is 0.967 bits per heavy atom. The van der Waals surface area contributed by atoms with E-state index < -0.39 is 0 Å². The first-order chi connectivity index (χ1) is 14.4. The highest BCUT2D eigenvalue weighted by Crippen LogP contribution is 2.20. The summed E-state index contributed by atoms with van der Waals surface area (Å²) in [5.74, 6) is -0.379. The second-order valence-electron chi connectivity index (χ2n) is 7.24. The molecule has 0 fully saturated rings. The summed E-state index contributed by atoms with van der Waals surface area (Å²) in [6.07, 6.45) is 1.58. The zero-order chi connectivity index (χ0) is 21.5. The lowest BCUT2D eigenvalue weighted by Crippen LogP contribution is -2.31. The van der Waals surface area contributed by atoms with Crippen LogP contribution in [0.5, 0.6) is 0 Å². The average molecular weight is 402 g/mol. The average Bonchev–Trinajstić information content (AvgIpc) is 2.75. The van der Waals surface area contributed by atoms with Gasteiger partial charge in [0.05, 0.1) is 6.54 Å². The normalized spacial score (nSPS) is 10.4. The molecule has 6 nitrogen and oxygen atoms in total. The first-order valence-corrected chi connectivity index (χ1v) is 9.79. The maximum atomic E-state index is 12.5. The van der Waals surface area contributed by atoms with Gasteiger partial charge in [0.25, 0.3) is 5.91 Å². The van der Waals surface area contributed by atoms with E-state index in [4.69, 9.17) is 0 Å². The number of aryl methyl sites for hydroxylation is 2. The second kappa shape index (κ2) is 9.69. The molecule has 0 unspecified atom stereocenters. The van der Waals surface area contributed by atoms with Gasteiger partial charge in [-0.15, -0.1) is 0 Å². The van der Waals surface area contributed by atoms with E-state index in [0.717, 1.165) is 28.1 Å². The van der Waals surface area contributed by atoms with Crippen LogP contribution < -0.4 is 15.5 Å². The van der Waals surface area contributed by atoms with E-state index in [-0.39, 0.29) is 18.4 Å². The summed E-state index contributed by atoms with van der Waals surface area (Å²) in [7, 11) is 1.81. The van der Waals surface area contributed by atoms with E-state index in [1.54, 1.807) is 23.2 Å². The zero-order valence-corrected chi connectivity index (χ0v) is 17.5. The fourth-order valence-electron chi connectivity index (χ4n) is 3.15. The minimum atomic E-state index is -0.255. The molecule has 154 valence electrons. The third-order valence-electron chi connectivity index (χ3n) is 4.84. The van der Waals surface area contributed by atoms with Crippen molar-refractivity contribution >= 4 is 23.2 Å². The van der Waals surface area contributed by atoms with Crippen molar-refractivity contribution in [2.45, 2.75) is 20.4 Å². The van der Waals surface area contributed by atoms with Crippen LogP contribution in [0.1, 0.15) is 27.2 Å². The van der Waals surface area contributed by atoms with Crippen molar-refractivity contribution in [2.24, 2.45) is 0 Å². The van der Waals surface area contributed by atoms with Crippen molar-refractivity contribution in [1.82, 2.24) is 10.3 Å². The molecule has 0 radical (unpaired) electrons. The summed E-state index contributed by atoms with van der Waals surface area (Å²) >= 11 is 0. The Balaban J connectivity index is 1.61. The third kappa shape index (κ3) is 5.44. The summed E-state index contributed by atoms with van der Waals surface area (Å²) in [4.78, 5) is 30.9. The van der Waals surface area contributed by atoms with Crippen molar-refractivity contribution in [3.8, 4) is 0 Å². The van der Waals surface area contributed by atoms with Crippen LogP contribution in [0.2, 0.25) is 0 Å². The molecular formula is C24H26N4O2. The number of benzene rings is 2. The zero-order valence-electron chi connectivity index (χ0n) is 17.5. The van der Waals surface area contributed by atoms with Gasteiger partial charge in [0.2, 0.25) is 5.91 Å². The molecule has 6 heteroatoms. The highest BCUT2D eigenvalue weighted by atomic mass is 16.2. The summed E-state index contributed by atoms with van der Waals surface area (Å²) in [5, 5.41) is 5.85. The molecule has 2 aromatic carbocycles. The van der Waals surface area contributed by atoms with Crippen LogP contribution in [0.3, 0.4) is 0 Å². The fourth-order valence-corrected chi connectivity index (χ4v) is 3.15. The number of carbonyl (C=O) groups excluding carboxylic acids is 2. The molecule has 0 aliphatic rings. The van der Waals surface area contributed by atoms with E-state index in [1.807, 2.05) is 69.4 Å². The number of hydrogen-bond acceptors (Lipinski definition) is 4. The van der Waals surface area contributed by atoms with Crippen LogP contribution >= 0.6 is 0 Å². The van der Waals surface area contributed by atoms with Crippen LogP contribution in [0.25, 0.3) is 0 Å². The molecule has 0 atom stereocenters. The number of likely N-dealkylation sites (N-methyl/N-ethyl adjacent to an activating group) is 1. The number of hydrogen-bond donors (Lipinski definition) is 2. The van der Waals surface area contributed by atoms with Crippen molar-refractivity contribution in [1.29, 1.82) is 0 Å². The SMILES string of the molecule is Cc1cccc(C)c1NC(=O)CN(C)c1ccnc(C(=O)NCc2ccccc2)c1. The maximum absolute atomic E-state index is 12.5. The third-order valence-corrected chi connectivity index (χ3v) is 4.84. The number of carbonyl (C=O) groups is 2. The van der Waals surface area contributed by atoms with Gasteiger partial charge in [-0.3, -0.25) is 14.6 Å². The Hall–Kier alpha value is -3.67. The number of aromatic nitrogens is 1. The molecule has 0 saturated heterocycles. The van der Waals surface area contributed by atoms with E-state index in [2.05, 4.69) is 15.6 Å². The molecule has 2 amide bonds. The molecule has 0 bridgehead atoms. The highest BCUT2D eigenvalue weighted by Gasteiger charge is 2.13. The predicted octanol–water partition coefficient (Wildman–Crippen LogP) is 3.70. The Morgan fingerprint density at radius 2 is 1.67 bits per heavy atom. The van der Waals surface area contributed by atoms with Crippen LogP contribution in [-0.2, 0) is 11.3 Å². The predicted molar refractivity (Wildman–Crippen MR) is 120 cm³/mol. The number of amides is 2. The van der Waals surface area contributed by atoms with Gasteiger partial charge in [-0.25, -0.2) is 0 Å². The lowest BCUT2D eigenvalue weighted by molar-refractivity contribution is -0.114. The van der Waals surface area contributed by atoms with Crippen molar-refractivity contribution < 1.29 is 9.59 Å². The number of nitrogens with one attached hydrogen (secondary N) is 2. The standard InChI is InChI=1S/C24H26N4O2/c1-17-8-7-9-18(2)23(17)27-22(29)16-28(3)20-12-13-25-21(14-20)24(30)26-15-19-10-5-4-6-11-19/h4-14H,15-16H2,1-3H3,(H,26,30)(H,27,29). The number of rotatable bonds is 7. The van der Waals surface area contributed by atoms with Crippen LogP contribution in [0, 0.1) is 13.8 Å². The minimum Gasteiger partial charge on any atom is -0.365 e. The van der Waals surface area contributed by atoms with Crippen LogP contribution in [-0.4, -0.2) is 30.4 Å². The summed E-state index contributed by atoms with van der Waals surface area (Å²) in [6, 6.07) is 19.1. The van der Waals surface area contributed by atoms with E-state index >= 15 is 0 Å². The van der Waals surface area contributed by atoms with Gasteiger partial charge >= 0.3 is 0 Å². The van der Waals surface area contributed by atoms with Crippen molar-refractivity contribution in [3.05, 3.63) is 89.2 Å². The molecule has 0 saturated carbocycles.